The van der Waals surface area contributed by atoms with Crippen molar-refractivity contribution in [2.24, 2.45) is 0 Å². The first-order valence-corrected chi connectivity index (χ1v) is 5.44. The molecule has 1 rings (SSSR count). The van der Waals surface area contributed by atoms with Crippen molar-refractivity contribution >= 4 is 5.91 Å². The van der Waals surface area contributed by atoms with Crippen LogP contribution in [0, 0.1) is 0 Å². The van der Waals surface area contributed by atoms with Crippen LogP contribution in [0.5, 0.6) is 0 Å². The Morgan fingerprint density at radius 3 is 3.07 bits per heavy atom. The normalized spacial score (nSPS) is 21.7. The van der Waals surface area contributed by atoms with Crippen molar-refractivity contribution in [3.05, 3.63) is 0 Å². The zero-order chi connectivity index (χ0) is 11.1. The van der Waals surface area contributed by atoms with Gasteiger partial charge in [0.25, 0.3) is 0 Å². The highest BCUT2D eigenvalue weighted by molar-refractivity contribution is 5.75. The van der Waals surface area contributed by atoms with Gasteiger partial charge in [0.1, 0.15) is 0 Å². The predicted molar refractivity (Wildman–Crippen MR) is 58.8 cm³/mol. The van der Waals surface area contributed by atoms with E-state index in [1.54, 1.807) is 7.05 Å². The molecule has 1 fully saturated rings. The van der Waals surface area contributed by atoms with Crippen LogP contribution in [0.15, 0.2) is 0 Å². The number of amides is 1. The fourth-order valence-corrected chi connectivity index (χ4v) is 1.59. The van der Waals surface area contributed by atoms with Crippen molar-refractivity contribution in [2.45, 2.75) is 12.5 Å². The van der Waals surface area contributed by atoms with E-state index in [1.807, 2.05) is 7.05 Å². The first-order valence-electron chi connectivity index (χ1n) is 5.44. The van der Waals surface area contributed by atoms with Gasteiger partial charge in [-0.2, -0.15) is 0 Å². The van der Waals surface area contributed by atoms with Gasteiger partial charge in [0, 0.05) is 39.6 Å². The third-order valence-electron chi connectivity index (χ3n) is 2.52. The lowest BCUT2D eigenvalue weighted by Gasteiger charge is -2.27. The molecule has 0 radical (unpaired) electrons. The van der Waals surface area contributed by atoms with Crippen LogP contribution < -0.4 is 10.6 Å². The minimum atomic E-state index is 0.0875. The number of likely N-dealkylation sites (N-methyl/N-ethyl adjacent to an activating group) is 1. The van der Waals surface area contributed by atoms with Crippen LogP contribution >= 0.6 is 0 Å². The summed E-state index contributed by atoms with van der Waals surface area (Å²) in [6.07, 6.45) is 0.807. The quantitative estimate of drug-likeness (QED) is 0.620. The van der Waals surface area contributed by atoms with Gasteiger partial charge in [-0.3, -0.25) is 4.79 Å². The molecule has 0 aromatic rings. The van der Waals surface area contributed by atoms with Crippen molar-refractivity contribution in [3.63, 3.8) is 0 Å². The molecule has 88 valence electrons. The van der Waals surface area contributed by atoms with Gasteiger partial charge in [-0.05, 0) is 7.05 Å². The van der Waals surface area contributed by atoms with E-state index in [4.69, 9.17) is 4.74 Å². The van der Waals surface area contributed by atoms with E-state index in [1.165, 1.54) is 0 Å². The van der Waals surface area contributed by atoms with Crippen molar-refractivity contribution in [1.82, 2.24) is 15.5 Å². The molecule has 1 heterocycles. The molecule has 2 N–H and O–H groups in total. The van der Waals surface area contributed by atoms with Gasteiger partial charge >= 0.3 is 0 Å². The van der Waals surface area contributed by atoms with Crippen LogP contribution in [0.4, 0.5) is 0 Å². The molecule has 1 unspecified atom stereocenters. The third kappa shape index (κ3) is 5.11. The monoisotopic (exact) mass is 215 g/mol. The maximum Gasteiger partial charge on any atom is 0.221 e. The average Bonchev–Trinajstić information content (AvgIpc) is 2.27. The lowest BCUT2D eigenvalue weighted by atomic mass is 10.2. The second kappa shape index (κ2) is 6.76. The van der Waals surface area contributed by atoms with Crippen LogP contribution in [0.1, 0.15) is 6.42 Å². The Labute approximate surface area is 91.2 Å². The average molecular weight is 215 g/mol. The van der Waals surface area contributed by atoms with E-state index in [0.29, 0.717) is 6.42 Å². The van der Waals surface area contributed by atoms with E-state index in [2.05, 4.69) is 15.5 Å². The number of hydrogen-bond donors (Lipinski definition) is 2. The van der Waals surface area contributed by atoms with Gasteiger partial charge in [-0.25, -0.2) is 0 Å². The molecule has 0 saturated carbocycles. The van der Waals surface area contributed by atoms with Crippen LogP contribution in [-0.4, -0.2) is 63.8 Å². The Hall–Kier alpha value is -0.650. The zero-order valence-electron chi connectivity index (χ0n) is 9.58. The summed E-state index contributed by atoms with van der Waals surface area (Å²) in [5.74, 6) is 0.0875. The predicted octanol–water partition coefficient (Wildman–Crippen LogP) is -0.957. The van der Waals surface area contributed by atoms with E-state index < -0.39 is 0 Å². The van der Waals surface area contributed by atoms with Gasteiger partial charge < -0.3 is 20.3 Å². The van der Waals surface area contributed by atoms with Crippen LogP contribution in [0.2, 0.25) is 0 Å². The Bertz CT molecular complexity index is 193. The molecule has 1 amide bonds. The molecule has 0 aromatic heterocycles. The summed E-state index contributed by atoms with van der Waals surface area (Å²) in [5.41, 5.74) is 0. The molecule has 1 atom stereocenters. The summed E-state index contributed by atoms with van der Waals surface area (Å²) in [6, 6.07) is 0. The van der Waals surface area contributed by atoms with Crippen LogP contribution in [0.3, 0.4) is 0 Å². The smallest absolute Gasteiger partial charge is 0.221 e. The summed E-state index contributed by atoms with van der Waals surface area (Å²) in [5, 5.41) is 5.90. The van der Waals surface area contributed by atoms with Gasteiger partial charge in [0.15, 0.2) is 0 Å². The lowest BCUT2D eigenvalue weighted by Crippen LogP contribution is -2.44. The van der Waals surface area contributed by atoms with Gasteiger partial charge in [0.05, 0.1) is 12.7 Å². The van der Waals surface area contributed by atoms with E-state index in [9.17, 15) is 4.79 Å². The number of carbonyl (C=O) groups is 1. The number of carbonyl (C=O) groups excluding carboxylic acids is 1. The molecule has 1 aliphatic rings. The lowest BCUT2D eigenvalue weighted by molar-refractivity contribution is -0.121. The summed E-state index contributed by atoms with van der Waals surface area (Å²) in [4.78, 5) is 13.2. The fraction of sp³-hybridized carbons (Fsp3) is 0.900. The minimum absolute atomic E-state index is 0.0875. The number of nitrogens with zero attached hydrogens (tertiary/aromatic N) is 1. The molecule has 5 nitrogen and oxygen atoms in total. The Morgan fingerprint density at radius 2 is 2.47 bits per heavy atom. The molecule has 0 spiro atoms. The van der Waals surface area contributed by atoms with Gasteiger partial charge in [-0.15, -0.1) is 0 Å². The number of ether oxygens (including phenoxy) is 1. The molecular weight excluding hydrogens is 194 g/mol. The Balaban J connectivity index is 2.11. The van der Waals surface area contributed by atoms with E-state index in [-0.39, 0.29) is 12.0 Å². The maximum atomic E-state index is 11.0. The minimum Gasteiger partial charge on any atom is -0.374 e. The number of nitrogens with one attached hydrogen (secondary N) is 2. The highest BCUT2D eigenvalue weighted by Gasteiger charge is 2.15. The largest absolute Gasteiger partial charge is 0.374 e. The van der Waals surface area contributed by atoms with Crippen molar-refractivity contribution in [2.75, 3.05) is 46.9 Å². The van der Waals surface area contributed by atoms with E-state index in [0.717, 1.165) is 32.8 Å². The number of hydrogen-bond acceptors (Lipinski definition) is 4. The maximum absolute atomic E-state index is 11.0. The Morgan fingerprint density at radius 1 is 1.67 bits per heavy atom. The third-order valence-corrected chi connectivity index (χ3v) is 2.52. The highest BCUT2D eigenvalue weighted by Crippen LogP contribution is 1.99. The van der Waals surface area contributed by atoms with Gasteiger partial charge in [0.2, 0.25) is 5.91 Å². The molecule has 0 aromatic carbocycles. The second-order valence-corrected chi connectivity index (χ2v) is 3.88. The van der Waals surface area contributed by atoms with Gasteiger partial charge in [-0.1, -0.05) is 0 Å². The highest BCUT2D eigenvalue weighted by atomic mass is 16.5. The number of morpholine rings is 1. The molecule has 0 bridgehead atoms. The molecular formula is C10H21N3O2. The molecule has 5 heteroatoms. The van der Waals surface area contributed by atoms with Crippen molar-refractivity contribution in [3.8, 4) is 0 Å². The molecule has 1 aliphatic heterocycles. The Kier molecular flexibility index (Phi) is 5.60. The summed E-state index contributed by atoms with van der Waals surface area (Å²) >= 11 is 0. The molecule has 0 aliphatic carbocycles. The topological polar surface area (TPSA) is 53.6 Å². The second-order valence-electron chi connectivity index (χ2n) is 3.88. The standard InChI is InChI=1S/C10H21N3O2/c1-11-10(14)3-5-13(2)8-9-7-12-4-6-15-9/h9,12H,3-8H2,1-2H3,(H,11,14). The summed E-state index contributed by atoms with van der Waals surface area (Å²) in [7, 11) is 3.68. The SMILES string of the molecule is CNC(=O)CCN(C)CC1CNCCO1. The zero-order valence-corrected chi connectivity index (χ0v) is 9.58. The first-order chi connectivity index (χ1) is 7.22. The van der Waals surface area contributed by atoms with Crippen LogP contribution in [-0.2, 0) is 9.53 Å². The summed E-state index contributed by atoms with van der Waals surface area (Å²) in [6.45, 7) is 4.29. The number of rotatable bonds is 5. The fourth-order valence-electron chi connectivity index (χ4n) is 1.59. The molecule has 15 heavy (non-hydrogen) atoms. The first kappa shape index (κ1) is 12.4. The van der Waals surface area contributed by atoms with Crippen molar-refractivity contribution in [1.29, 1.82) is 0 Å². The van der Waals surface area contributed by atoms with Crippen LogP contribution in [0.25, 0.3) is 0 Å². The molecule has 1 saturated heterocycles. The van der Waals surface area contributed by atoms with E-state index >= 15 is 0 Å². The summed E-state index contributed by atoms with van der Waals surface area (Å²) < 4.78 is 5.58. The van der Waals surface area contributed by atoms with Crippen molar-refractivity contribution < 1.29 is 9.53 Å².